The lowest BCUT2D eigenvalue weighted by Gasteiger charge is -2.05. The van der Waals surface area contributed by atoms with Gasteiger partial charge in [0.1, 0.15) is 0 Å². The summed E-state index contributed by atoms with van der Waals surface area (Å²) in [6.07, 6.45) is 2.46. The van der Waals surface area contributed by atoms with E-state index in [4.69, 9.17) is 9.51 Å². The molecule has 2 aromatic heterocycles. The average Bonchev–Trinajstić information content (AvgIpc) is 3.33. The Kier molecular flexibility index (Phi) is 3.29. The molecule has 0 aliphatic heterocycles. The molecule has 1 fully saturated rings. The number of nitrogens with zero attached hydrogens (tertiary/aromatic N) is 3. The number of fused-ring (bicyclic) bond motifs is 1. The van der Waals surface area contributed by atoms with Crippen LogP contribution in [-0.2, 0) is 11.2 Å². The molecule has 4 rings (SSSR count). The van der Waals surface area contributed by atoms with Crippen LogP contribution in [0.4, 0.5) is 0 Å². The van der Waals surface area contributed by atoms with Crippen molar-refractivity contribution in [1.29, 1.82) is 0 Å². The topological polar surface area (TPSA) is 80.9 Å². The molecule has 116 valence electrons. The predicted octanol–water partition coefficient (Wildman–Crippen LogP) is 2.45. The average molecular weight is 308 g/mol. The van der Waals surface area contributed by atoms with Gasteiger partial charge < -0.3 is 9.84 Å². The van der Waals surface area contributed by atoms with Crippen molar-refractivity contribution in [2.24, 2.45) is 0 Å². The largest absolute Gasteiger partial charge is 0.359 e. The van der Waals surface area contributed by atoms with E-state index < -0.39 is 0 Å². The van der Waals surface area contributed by atoms with Crippen LogP contribution in [0.1, 0.15) is 30.3 Å². The van der Waals surface area contributed by atoms with Crippen molar-refractivity contribution in [2.45, 2.75) is 25.2 Å². The fourth-order valence-corrected chi connectivity index (χ4v) is 2.63. The molecule has 0 radical (unpaired) electrons. The zero-order chi connectivity index (χ0) is 15.8. The van der Waals surface area contributed by atoms with Gasteiger partial charge >= 0.3 is 0 Å². The highest BCUT2D eigenvalue weighted by Gasteiger charge is 2.27. The van der Waals surface area contributed by atoms with Gasteiger partial charge in [0.05, 0.1) is 17.5 Å². The van der Waals surface area contributed by atoms with Crippen LogP contribution in [0.25, 0.3) is 22.4 Å². The molecule has 1 aliphatic carbocycles. The van der Waals surface area contributed by atoms with Crippen LogP contribution in [0.15, 0.2) is 34.9 Å². The van der Waals surface area contributed by atoms with Crippen LogP contribution < -0.4 is 5.32 Å². The normalized spacial score (nSPS) is 14.1. The molecular weight excluding hydrogens is 292 g/mol. The zero-order valence-electron chi connectivity index (χ0n) is 12.7. The van der Waals surface area contributed by atoms with Gasteiger partial charge in [-0.15, -0.1) is 0 Å². The lowest BCUT2D eigenvalue weighted by molar-refractivity contribution is -0.120. The van der Waals surface area contributed by atoms with E-state index in [0.29, 0.717) is 17.6 Å². The Morgan fingerprint density at radius 2 is 2.13 bits per heavy atom. The van der Waals surface area contributed by atoms with E-state index in [9.17, 15) is 4.79 Å². The third-order valence-electron chi connectivity index (χ3n) is 4.03. The molecule has 2 heterocycles. The van der Waals surface area contributed by atoms with Gasteiger partial charge in [-0.3, -0.25) is 9.78 Å². The summed E-state index contributed by atoms with van der Waals surface area (Å²) < 4.78 is 5.39. The van der Waals surface area contributed by atoms with Gasteiger partial charge in [-0.2, -0.15) is 4.98 Å². The van der Waals surface area contributed by atoms with Gasteiger partial charge in [-0.25, -0.2) is 0 Å². The Morgan fingerprint density at radius 3 is 2.91 bits per heavy atom. The summed E-state index contributed by atoms with van der Waals surface area (Å²) in [4.78, 5) is 20.6. The van der Waals surface area contributed by atoms with E-state index >= 15 is 0 Å². The molecule has 0 spiro atoms. The number of carbonyl (C=O) groups excluding carboxylic acids is 1. The second kappa shape index (κ2) is 5.46. The first kappa shape index (κ1) is 13.9. The first-order valence-electron chi connectivity index (χ1n) is 7.68. The standard InChI is InChI=1S/C17H16N4O2/c1-18-16(22)9-15-20-17(23-21-15)12-8-14(10-6-7-10)19-13-5-3-2-4-11(12)13/h2-5,8,10H,6-7,9H2,1H3,(H,18,22). The molecule has 1 saturated carbocycles. The SMILES string of the molecule is CNC(=O)Cc1noc(-c2cc(C3CC3)nc3ccccc23)n1. The third kappa shape index (κ3) is 2.67. The van der Waals surface area contributed by atoms with Gasteiger partial charge in [-0.1, -0.05) is 23.4 Å². The van der Waals surface area contributed by atoms with Crippen molar-refractivity contribution in [1.82, 2.24) is 20.4 Å². The highest BCUT2D eigenvalue weighted by atomic mass is 16.5. The summed E-state index contributed by atoms with van der Waals surface area (Å²) in [5.74, 6) is 1.21. The molecule has 0 bridgehead atoms. The van der Waals surface area contributed by atoms with E-state index in [1.54, 1.807) is 7.05 Å². The maximum absolute atomic E-state index is 11.4. The maximum atomic E-state index is 11.4. The number of nitrogens with one attached hydrogen (secondary N) is 1. The fraction of sp³-hybridized carbons (Fsp3) is 0.294. The lowest BCUT2D eigenvalue weighted by atomic mass is 10.1. The first-order chi connectivity index (χ1) is 11.2. The molecule has 3 aromatic rings. The second-order valence-electron chi connectivity index (χ2n) is 5.75. The maximum Gasteiger partial charge on any atom is 0.258 e. The minimum atomic E-state index is -0.143. The number of amides is 1. The van der Waals surface area contributed by atoms with Crippen LogP contribution >= 0.6 is 0 Å². The lowest BCUT2D eigenvalue weighted by Crippen LogP contribution is -2.20. The van der Waals surface area contributed by atoms with Crippen LogP contribution in [0.5, 0.6) is 0 Å². The summed E-state index contributed by atoms with van der Waals surface area (Å²) in [5.41, 5.74) is 2.89. The Labute approximate surface area is 132 Å². The Morgan fingerprint density at radius 1 is 1.30 bits per heavy atom. The molecule has 1 aromatic carbocycles. The number of para-hydroxylation sites is 1. The van der Waals surface area contributed by atoms with Crippen LogP contribution in [-0.4, -0.2) is 28.1 Å². The predicted molar refractivity (Wildman–Crippen MR) is 84.8 cm³/mol. The molecule has 1 aliphatic rings. The second-order valence-corrected chi connectivity index (χ2v) is 5.75. The number of hydrogen-bond acceptors (Lipinski definition) is 5. The highest BCUT2D eigenvalue weighted by molar-refractivity contribution is 5.92. The fourth-order valence-electron chi connectivity index (χ4n) is 2.63. The molecule has 0 saturated heterocycles. The number of rotatable bonds is 4. The van der Waals surface area contributed by atoms with Crippen molar-refractivity contribution in [3.63, 3.8) is 0 Å². The van der Waals surface area contributed by atoms with Crippen molar-refractivity contribution < 1.29 is 9.32 Å². The van der Waals surface area contributed by atoms with E-state index in [-0.39, 0.29) is 12.3 Å². The summed E-state index contributed by atoms with van der Waals surface area (Å²) in [6.45, 7) is 0. The smallest absolute Gasteiger partial charge is 0.258 e. The molecule has 6 heteroatoms. The van der Waals surface area contributed by atoms with Crippen LogP contribution in [0.3, 0.4) is 0 Å². The van der Waals surface area contributed by atoms with Crippen molar-refractivity contribution in [3.05, 3.63) is 41.9 Å². The van der Waals surface area contributed by atoms with Gasteiger partial charge in [0.25, 0.3) is 5.89 Å². The zero-order valence-corrected chi connectivity index (χ0v) is 12.7. The number of benzene rings is 1. The van der Waals surface area contributed by atoms with Crippen molar-refractivity contribution >= 4 is 16.8 Å². The molecule has 0 unspecified atom stereocenters. The van der Waals surface area contributed by atoms with Crippen LogP contribution in [0.2, 0.25) is 0 Å². The van der Waals surface area contributed by atoms with Crippen molar-refractivity contribution in [3.8, 4) is 11.5 Å². The van der Waals surface area contributed by atoms with Gasteiger partial charge in [0.2, 0.25) is 5.91 Å². The summed E-state index contributed by atoms with van der Waals surface area (Å²) in [7, 11) is 1.58. The van der Waals surface area contributed by atoms with Gasteiger partial charge in [-0.05, 0) is 25.0 Å². The number of hydrogen-bond donors (Lipinski definition) is 1. The summed E-state index contributed by atoms with van der Waals surface area (Å²) >= 11 is 0. The molecular formula is C17H16N4O2. The third-order valence-corrected chi connectivity index (χ3v) is 4.03. The van der Waals surface area contributed by atoms with Gasteiger partial charge in [0, 0.05) is 24.0 Å². The molecule has 6 nitrogen and oxygen atoms in total. The minimum Gasteiger partial charge on any atom is -0.359 e. The van der Waals surface area contributed by atoms with Crippen molar-refractivity contribution in [2.75, 3.05) is 7.05 Å². The summed E-state index contributed by atoms with van der Waals surface area (Å²) in [5, 5.41) is 7.44. The Balaban J connectivity index is 1.79. The summed E-state index contributed by atoms with van der Waals surface area (Å²) in [6, 6.07) is 9.97. The van der Waals surface area contributed by atoms with E-state index in [1.165, 1.54) is 12.8 Å². The molecule has 0 atom stereocenters. The highest BCUT2D eigenvalue weighted by Crippen LogP contribution is 2.41. The quantitative estimate of drug-likeness (QED) is 0.800. The Hall–Kier alpha value is -2.76. The van der Waals surface area contributed by atoms with E-state index in [1.807, 2.05) is 30.3 Å². The molecule has 1 amide bonds. The van der Waals surface area contributed by atoms with Crippen LogP contribution in [0, 0.1) is 0 Å². The number of likely N-dealkylation sites (N-methyl/N-ethyl adjacent to an activating group) is 1. The Bertz CT molecular complexity index is 883. The monoisotopic (exact) mass is 308 g/mol. The molecule has 23 heavy (non-hydrogen) atoms. The number of carbonyl (C=O) groups is 1. The van der Waals surface area contributed by atoms with Gasteiger partial charge in [0.15, 0.2) is 5.82 Å². The number of pyridine rings is 1. The first-order valence-corrected chi connectivity index (χ1v) is 7.68. The van der Waals surface area contributed by atoms with E-state index in [2.05, 4.69) is 15.5 Å². The van der Waals surface area contributed by atoms with E-state index in [0.717, 1.165) is 22.2 Å². The number of aromatic nitrogens is 3. The minimum absolute atomic E-state index is 0.110. The molecule has 1 N–H and O–H groups in total.